The van der Waals surface area contributed by atoms with Crippen molar-refractivity contribution in [3.8, 4) is 5.75 Å². The summed E-state index contributed by atoms with van der Waals surface area (Å²) in [6.07, 6.45) is -4.66. The van der Waals surface area contributed by atoms with E-state index in [1.54, 1.807) is 0 Å². The van der Waals surface area contributed by atoms with E-state index in [0.717, 1.165) is 31.7 Å². The number of ether oxygens (including phenoxy) is 1. The minimum absolute atomic E-state index is 0.184. The molecule has 1 aliphatic rings. The molecule has 1 aromatic rings. The molecule has 1 saturated heterocycles. The molecular weight excluding hydrogens is 337 g/mol. The summed E-state index contributed by atoms with van der Waals surface area (Å²) in [5, 5.41) is 0. The summed E-state index contributed by atoms with van der Waals surface area (Å²) in [7, 11) is 2.06. The third-order valence-corrected chi connectivity index (χ3v) is 3.62. The van der Waals surface area contributed by atoms with Crippen LogP contribution in [-0.2, 0) is 6.54 Å². The molecule has 20 heavy (non-hydrogen) atoms. The van der Waals surface area contributed by atoms with Gasteiger partial charge in [-0.1, -0.05) is 15.9 Å². The van der Waals surface area contributed by atoms with Crippen LogP contribution in [0.5, 0.6) is 5.75 Å². The van der Waals surface area contributed by atoms with Gasteiger partial charge >= 0.3 is 6.36 Å². The summed E-state index contributed by atoms with van der Waals surface area (Å²) < 4.78 is 41.3. The zero-order chi connectivity index (χ0) is 14.8. The van der Waals surface area contributed by atoms with Crippen LogP contribution in [-0.4, -0.2) is 49.4 Å². The number of nitrogens with zero attached hydrogens (tertiary/aromatic N) is 2. The van der Waals surface area contributed by atoms with Crippen LogP contribution in [0.4, 0.5) is 13.2 Å². The Kier molecular flexibility index (Phi) is 4.93. The van der Waals surface area contributed by atoms with Crippen LogP contribution in [0, 0.1) is 0 Å². The van der Waals surface area contributed by atoms with E-state index >= 15 is 0 Å². The van der Waals surface area contributed by atoms with Gasteiger partial charge in [0.2, 0.25) is 0 Å². The van der Waals surface area contributed by atoms with Crippen LogP contribution >= 0.6 is 15.9 Å². The van der Waals surface area contributed by atoms with Crippen LogP contribution in [0.3, 0.4) is 0 Å². The molecule has 1 heterocycles. The molecule has 0 saturated carbocycles. The van der Waals surface area contributed by atoms with Crippen molar-refractivity contribution < 1.29 is 17.9 Å². The molecule has 0 radical (unpaired) electrons. The SMILES string of the molecule is CN1CCN(Cc2cc(Br)cc(OC(F)(F)F)c2)CC1. The monoisotopic (exact) mass is 352 g/mol. The molecule has 2 rings (SSSR count). The van der Waals surface area contributed by atoms with E-state index in [-0.39, 0.29) is 5.75 Å². The third-order valence-electron chi connectivity index (χ3n) is 3.17. The second-order valence-electron chi connectivity index (χ2n) is 4.92. The molecule has 0 spiro atoms. The Bertz CT molecular complexity index is 459. The van der Waals surface area contributed by atoms with Gasteiger partial charge < -0.3 is 9.64 Å². The predicted octanol–water partition coefficient (Wildman–Crippen LogP) is 3.10. The smallest absolute Gasteiger partial charge is 0.406 e. The van der Waals surface area contributed by atoms with Crippen LogP contribution in [0.15, 0.2) is 22.7 Å². The second-order valence-corrected chi connectivity index (χ2v) is 5.84. The Morgan fingerprint density at radius 2 is 1.80 bits per heavy atom. The highest BCUT2D eigenvalue weighted by atomic mass is 79.9. The molecule has 3 nitrogen and oxygen atoms in total. The summed E-state index contributed by atoms with van der Waals surface area (Å²) in [5.41, 5.74) is 0.808. The van der Waals surface area contributed by atoms with Gasteiger partial charge in [-0.15, -0.1) is 13.2 Å². The Balaban J connectivity index is 2.04. The highest BCUT2D eigenvalue weighted by molar-refractivity contribution is 9.10. The van der Waals surface area contributed by atoms with Crippen LogP contribution in [0.25, 0.3) is 0 Å². The maximum Gasteiger partial charge on any atom is 0.573 e. The lowest BCUT2D eigenvalue weighted by Gasteiger charge is -2.32. The van der Waals surface area contributed by atoms with Gasteiger partial charge in [0.25, 0.3) is 0 Å². The molecule has 0 atom stereocenters. The van der Waals surface area contributed by atoms with Crippen LogP contribution < -0.4 is 4.74 Å². The molecule has 1 fully saturated rings. The maximum absolute atomic E-state index is 12.3. The summed E-state index contributed by atoms with van der Waals surface area (Å²) >= 11 is 3.22. The predicted molar refractivity (Wildman–Crippen MR) is 73.6 cm³/mol. The standard InChI is InChI=1S/C13H16BrF3N2O/c1-18-2-4-19(5-3-18)9-10-6-11(14)8-12(7-10)20-13(15,16)17/h6-8H,2-5,9H2,1H3. The van der Waals surface area contributed by atoms with Gasteiger partial charge in [-0.3, -0.25) is 4.90 Å². The van der Waals surface area contributed by atoms with Gasteiger partial charge in [0.05, 0.1) is 0 Å². The number of halogens is 4. The number of piperazine rings is 1. The first kappa shape index (κ1) is 15.6. The summed E-state index contributed by atoms with van der Waals surface area (Å²) in [4.78, 5) is 4.45. The van der Waals surface area contributed by atoms with Gasteiger partial charge in [-0.05, 0) is 30.8 Å². The number of rotatable bonds is 3. The fraction of sp³-hybridized carbons (Fsp3) is 0.538. The van der Waals surface area contributed by atoms with Gasteiger partial charge in [0.15, 0.2) is 0 Å². The number of hydrogen-bond acceptors (Lipinski definition) is 3. The zero-order valence-corrected chi connectivity index (χ0v) is 12.7. The maximum atomic E-state index is 12.3. The molecule has 0 amide bonds. The Morgan fingerprint density at radius 1 is 1.15 bits per heavy atom. The molecule has 7 heteroatoms. The second kappa shape index (κ2) is 6.32. The lowest BCUT2D eigenvalue weighted by atomic mass is 10.2. The van der Waals surface area contributed by atoms with Crippen LogP contribution in [0.2, 0.25) is 0 Å². The first-order valence-electron chi connectivity index (χ1n) is 6.28. The fourth-order valence-corrected chi connectivity index (χ4v) is 2.69. The van der Waals surface area contributed by atoms with E-state index in [2.05, 4.69) is 37.5 Å². The van der Waals surface area contributed by atoms with Crippen molar-refractivity contribution in [3.63, 3.8) is 0 Å². The van der Waals surface area contributed by atoms with Crippen molar-refractivity contribution in [1.82, 2.24) is 9.80 Å². The van der Waals surface area contributed by atoms with Crippen molar-refractivity contribution in [1.29, 1.82) is 0 Å². The van der Waals surface area contributed by atoms with E-state index in [9.17, 15) is 13.2 Å². The lowest BCUT2D eigenvalue weighted by Crippen LogP contribution is -2.43. The van der Waals surface area contributed by atoms with Crippen molar-refractivity contribution >= 4 is 15.9 Å². The van der Waals surface area contributed by atoms with Gasteiger partial charge in [0.1, 0.15) is 5.75 Å². The van der Waals surface area contributed by atoms with E-state index < -0.39 is 6.36 Å². The van der Waals surface area contributed by atoms with Gasteiger partial charge in [-0.2, -0.15) is 0 Å². The number of benzene rings is 1. The number of hydrogen-bond donors (Lipinski definition) is 0. The average Bonchev–Trinajstić information content (AvgIpc) is 2.29. The molecule has 1 aromatic carbocycles. The molecular formula is C13H16BrF3N2O. The Morgan fingerprint density at radius 3 is 2.40 bits per heavy atom. The quantitative estimate of drug-likeness (QED) is 0.831. The van der Waals surface area contributed by atoms with Gasteiger partial charge in [0, 0.05) is 37.2 Å². The number of likely N-dealkylation sites (N-methyl/N-ethyl adjacent to an activating group) is 1. The molecule has 112 valence electrons. The van der Waals surface area contributed by atoms with E-state index in [1.807, 2.05) is 6.07 Å². The van der Waals surface area contributed by atoms with E-state index in [0.29, 0.717) is 11.0 Å². The van der Waals surface area contributed by atoms with Crippen molar-refractivity contribution in [2.45, 2.75) is 12.9 Å². The molecule has 0 bridgehead atoms. The molecule has 0 aromatic heterocycles. The Labute approximate surface area is 124 Å². The topological polar surface area (TPSA) is 15.7 Å². The summed E-state index contributed by atoms with van der Waals surface area (Å²) in [6.45, 7) is 4.40. The third kappa shape index (κ3) is 4.96. The van der Waals surface area contributed by atoms with Gasteiger partial charge in [-0.25, -0.2) is 0 Å². The van der Waals surface area contributed by atoms with Crippen molar-refractivity contribution in [2.75, 3.05) is 33.2 Å². The molecule has 0 aliphatic carbocycles. The van der Waals surface area contributed by atoms with Crippen molar-refractivity contribution in [3.05, 3.63) is 28.2 Å². The summed E-state index contributed by atoms with van der Waals surface area (Å²) in [6, 6.07) is 4.58. The zero-order valence-electron chi connectivity index (χ0n) is 11.1. The first-order chi connectivity index (χ1) is 9.32. The normalized spacial score (nSPS) is 18.2. The summed E-state index contributed by atoms with van der Waals surface area (Å²) in [5.74, 6) is -0.184. The van der Waals surface area contributed by atoms with Crippen LogP contribution in [0.1, 0.15) is 5.56 Å². The highest BCUT2D eigenvalue weighted by Gasteiger charge is 2.31. The minimum Gasteiger partial charge on any atom is -0.406 e. The van der Waals surface area contributed by atoms with Crippen molar-refractivity contribution in [2.24, 2.45) is 0 Å². The first-order valence-corrected chi connectivity index (χ1v) is 7.07. The fourth-order valence-electron chi connectivity index (χ4n) is 2.17. The minimum atomic E-state index is -4.66. The Hall–Kier alpha value is -0.790. The molecule has 0 N–H and O–H groups in total. The average molecular weight is 353 g/mol. The molecule has 1 aliphatic heterocycles. The largest absolute Gasteiger partial charge is 0.573 e. The highest BCUT2D eigenvalue weighted by Crippen LogP contribution is 2.27. The van der Waals surface area contributed by atoms with E-state index in [1.165, 1.54) is 12.1 Å². The molecule has 0 unspecified atom stereocenters. The lowest BCUT2D eigenvalue weighted by molar-refractivity contribution is -0.274. The van der Waals surface area contributed by atoms with E-state index in [4.69, 9.17) is 0 Å². The number of alkyl halides is 3.